The van der Waals surface area contributed by atoms with Gasteiger partial charge in [0.15, 0.2) is 0 Å². The Bertz CT molecular complexity index is 459. The molecule has 1 aliphatic rings. The summed E-state index contributed by atoms with van der Waals surface area (Å²) in [5.74, 6) is 0. The molecule has 1 fully saturated rings. The number of anilines is 1. The first-order chi connectivity index (χ1) is 8.97. The summed E-state index contributed by atoms with van der Waals surface area (Å²) in [6.45, 7) is 7.47. The molecule has 2 rings (SSSR count). The van der Waals surface area contributed by atoms with E-state index in [0.29, 0.717) is 0 Å². The maximum absolute atomic E-state index is 12.2. The summed E-state index contributed by atoms with van der Waals surface area (Å²) in [6.07, 6.45) is 0. The number of urea groups is 1. The molecule has 0 atom stereocenters. The van der Waals surface area contributed by atoms with Crippen molar-refractivity contribution < 1.29 is 4.79 Å². The van der Waals surface area contributed by atoms with Crippen LogP contribution in [0, 0.1) is 13.8 Å². The van der Waals surface area contributed by atoms with Crippen molar-refractivity contribution in [2.45, 2.75) is 13.8 Å². The third-order valence-corrected chi connectivity index (χ3v) is 3.98. The van der Waals surface area contributed by atoms with E-state index in [-0.39, 0.29) is 6.03 Å². The summed E-state index contributed by atoms with van der Waals surface area (Å²) in [6, 6.07) is 4.04. The highest BCUT2D eigenvalue weighted by Gasteiger charge is 2.19. The van der Waals surface area contributed by atoms with Crippen LogP contribution in [0.2, 0.25) is 0 Å². The molecule has 1 aliphatic heterocycles. The standard InChI is InChI=1S/C14H20BrN3O/c1-10-8-12(15)9-11(2)13(10)16-14(19)18-6-4-17(3)5-7-18/h8-9H,4-7H2,1-3H3,(H,16,19). The molecule has 1 aromatic carbocycles. The second kappa shape index (κ2) is 5.92. The minimum atomic E-state index is 0.00150. The largest absolute Gasteiger partial charge is 0.322 e. The molecule has 0 unspecified atom stereocenters. The number of hydrogen-bond donors (Lipinski definition) is 1. The number of benzene rings is 1. The van der Waals surface area contributed by atoms with Crippen LogP contribution in [0.1, 0.15) is 11.1 Å². The molecule has 104 valence electrons. The number of nitrogens with one attached hydrogen (secondary N) is 1. The van der Waals surface area contributed by atoms with Gasteiger partial charge in [0.2, 0.25) is 0 Å². The number of amides is 2. The fourth-order valence-corrected chi connectivity index (χ4v) is 2.99. The average Bonchev–Trinajstić information content (AvgIpc) is 2.34. The molecule has 1 aromatic rings. The second-order valence-corrected chi connectivity index (χ2v) is 6.05. The van der Waals surface area contributed by atoms with Crippen LogP contribution in [0.5, 0.6) is 0 Å². The molecule has 19 heavy (non-hydrogen) atoms. The van der Waals surface area contributed by atoms with Crippen molar-refractivity contribution >= 4 is 27.6 Å². The van der Waals surface area contributed by atoms with Gasteiger partial charge in [0.25, 0.3) is 0 Å². The van der Waals surface area contributed by atoms with Crippen molar-refractivity contribution in [1.82, 2.24) is 9.80 Å². The van der Waals surface area contributed by atoms with Gasteiger partial charge in [-0.25, -0.2) is 4.79 Å². The summed E-state index contributed by atoms with van der Waals surface area (Å²) in [5.41, 5.74) is 3.08. The highest BCUT2D eigenvalue weighted by atomic mass is 79.9. The van der Waals surface area contributed by atoms with Gasteiger partial charge < -0.3 is 15.1 Å². The molecule has 0 spiro atoms. The van der Waals surface area contributed by atoms with Gasteiger partial charge in [-0.05, 0) is 44.2 Å². The lowest BCUT2D eigenvalue weighted by Crippen LogP contribution is -2.48. The fraction of sp³-hybridized carbons (Fsp3) is 0.500. The number of hydrogen-bond acceptors (Lipinski definition) is 2. The number of nitrogens with zero attached hydrogens (tertiary/aromatic N) is 2. The molecular weight excluding hydrogens is 306 g/mol. The number of rotatable bonds is 1. The fourth-order valence-electron chi connectivity index (χ4n) is 2.30. The number of carbonyl (C=O) groups is 1. The van der Waals surface area contributed by atoms with E-state index in [0.717, 1.165) is 47.5 Å². The molecular formula is C14H20BrN3O. The first kappa shape index (κ1) is 14.3. The summed E-state index contributed by atoms with van der Waals surface area (Å²) in [4.78, 5) is 16.4. The normalized spacial score (nSPS) is 16.5. The minimum Gasteiger partial charge on any atom is -0.322 e. The van der Waals surface area contributed by atoms with Crippen LogP contribution in [0.25, 0.3) is 0 Å². The number of piperazine rings is 1. The molecule has 4 nitrogen and oxygen atoms in total. The Balaban J connectivity index is 2.07. The highest BCUT2D eigenvalue weighted by Crippen LogP contribution is 2.25. The maximum Gasteiger partial charge on any atom is 0.321 e. The van der Waals surface area contributed by atoms with Crippen LogP contribution >= 0.6 is 15.9 Å². The Morgan fingerprint density at radius 2 is 1.68 bits per heavy atom. The van der Waals surface area contributed by atoms with E-state index in [9.17, 15) is 4.79 Å². The Labute approximate surface area is 122 Å². The minimum absolute atomic E-state index is 0.00150. The van der Waals surface area contributed by atoms with E-state index in [1.165, 1.54) is 0 Å². The van der Waals surface area contributed by atoms with Gasteiger partial charge in [0.1, 0.15) is 0 Å². The van der Waals surface area contributed by atoms with E-state index in [1.54, 1.807) is 0 Å². The van der Waals surface area contributed by atoms with Gasteiger partial charge >= 0.3 is 6.03 Å². The summed E-state index contributed by atoms with van der Waals surface area (Å²) < 4.78 is 1.04. The lowest BCUT2D eigenvalue weighted by molar-refractivity contribution is 0.164. The van der Waals surface area contributed by atoms with Crippen molar-refractivity contribution in [3.8, 4) is 0 Å². The first-order valence-electron chi connectivity index (χ1n) is 6.48. The molecule has 0 bridgehead atoms. The van der Waals surface area contributed by atoms with Crippen LogP contribution in [-0.2, 0) is 0 Å². The third kappa shape index (κ3) is 3.48. The van der Waals surface area contributed by atoms with Crippen LogP contribution in [0.3, 0.4) is 0 Å². The molecule has 1 heterocycles. The van der Waals surface area contributed by atoms with Crippen molar-refractivity contribution in [3.63, 3.8) is 0 Å². The van der Waals surface area contributed by atoms with Crippen LogP contribution in [0.4, 0.5) is 10.5 Å². The zero-order chi connectivity index (χ0) is 14.0. The molecule has 1 N–H and O–H groups in total. The van der Waals surface area contributed by atoms with Crippen molar-refractivity contribution in [2.24, 2.45) is 0 Å². The zero-order valence-electron chi connectivity index (χ0n) is 11.7. The van der Waals surface area contributed by atoms with Gasteiger partial charge in [0.05, 0.1) is 0 Å². The predicted octanol–water partition coefficient (Wildman–Crippen LogP) is 2.85. The van der Waals surface area contributed by atoms with Gasteiger partial charge in [-0.1, -0.05) is 15.9 Å². The summed E-state index contributed by atoms with van der Waals surface area (Å²) in [7, 11) is 2.08. The van der Waals surface area contributed by atoms with Gasteiger partial charge in [-0.3, -0.25) is 0 Å². The SMILES string of the molecule is Cc1cc(Br)cc(C)c1NC(=O)N1CCN(C)CC1. The van der Waals surface area contributed by atoms with Crippen LogP contribution in [-0.4, -0.2) is 49.1 Å². The topological polar surface area (TPSA) is 35.6 Å². The molecule has 0 aliphatic carbocycles. The molecule has 0 radical (unpaired) electrons. The van der Waals surface area contributed by atoms with Crippen molar-refractivity contribution in [1.29, 1.82) is 0 Å². The van der Waals surface area contributed by atoms with Crippen LogP contribution < -0.4 is 5.32 Å². The Morgan fingerprint density at radius 1 is 1.16 bits per heavy atom. The van der Waals surface area contributed by atoms with E-state index in [4.69, 9.17) is 0 Å². The molecule has 0 saturated carbocycles. The summed E-state index contributed by atoms with van der Waals surface area (Å²) >= 11 is 3.47. The zero-order valence-corrected chi connectivity index (χ0v) is 13.2. The number of carbonyl (C=O) groups excluding carboxylic acids is 1. The van der Waals surface area contributed by atoms with E-state index < -0.39 is 0 Å². The lowest BCUT2D eigenvalue weighted by Gasteiger charge is -2.32. The number of likely N-dealkylation sites (N-methyl/N-ethyl adjacent to an activating group) is 1. The van der Waals surface area contributed by atoms with E-state index >= 15 is 0 Å². The molecule has 1 saturated heterocycles. The maximum atomic E-state index is 12.2. The van der Waals surface area contributed by atoms with Gasteiger partial charge in [0, 0.05) is 36.3 Å². The quantitative estimate of drug-likeness (QED) is 0.861. The van der Waals surface area contributed by atoms with Crippen molar-refractivity contribution in [2.75, 3.05) is 38.5 Å². The molecule has 5 heteroatoms. The van der Waals surface area contributed by atoms with Crippen molar-refractivity contribution in [3.05, 3.63) is 27.7 Å². The predicted molar refractivity (Wildman–Crippen MR) is 81.7 cm³/mol. The Morgan fingerprint density at radius 3 is 2.21 bits per heavy atom. The summed E-state index contributed by atoms with van der Waals surface area (Å²) in [5, 5.41) is 3.04. The number of halogens is 1. The lowest BCUT2D eigenvalue weighted by atomic mass is 10.1. The monoisotopic (exact) mass is 325 g/mol. The van der Waals surface area contributed by atoms with E-state index in [2.05, 4.69) is 33.2 Å². The van der Waals surface area contributed by atoms with Crippen LogP contribution in [0.15, 0.2) is 16.6 Å². The Hall–Kier alpha value is -1.07. The molecule has 2 amide bonds. The Kier molecular flexibility index (Phi) is 4.47. The number of aryl methyl sites for hydroxylation is 2. The molecule has 0 aromatic heterocycles. The van der Waals surface area contributed by atoms with Gasteiger partial charge in [-0.15, -0.1) is 0 Å². The van der Waals surface area contributed by atoms with E-state index in [1.807, 2.05) is 30.9 Å². The average molecular weight is 326 g/mol. The second-order valence-electron chi connectivity index (χ2n) is 5.14. The first-order valence-corrected chi connectivity index (χ1v) is 7.28. The van der Waals surface area contributed by atoms with Gasteiger partial charge in [-0.2, -0.15) is 0 Å². The third-order valence-electron chi connectivity index (χ3n) is 3.52. The smallest absolute Gasteiger partial charge is 0.321 e. The highest BCUT2D eigenvalue weighted by molar-refractivity contribution is 9.10.